The van der Waals surface area contributed by atoms with Crippen LogP contribution in [-0.4, -0.2) is 26.9 Å². The average Bonchev–Trinajstić information content (AvgIpc) is 2.76. The number of aryl methyl sites for hydroxylation is 1. The smallest absolute Gasteiger partial charge is 0.261 e. The van der Waals surface area contributed by atoms with E-state index < -0.39 is 0 Å². The van der Waals surface area contributed by atoms with Gasteiger partial charge in [0.15, 0.2) is 0 Å². The van der Waals surface area contributed by atoms with Crippen molar-refractivity contribution in [3.8, 4) is 0 Å². The van der Waals surface area contributed by atoms with Gasteiger partial charge in [-0.2, -0.15) is 10.2 Å². The maximum atomic E-state index is 11.5. The first-order valence-electron chi connectivity index (χ1n) is 5.47. The third-order valence-electron chi connectivity index (χ3n) is 2.30. The molecule has 0 aliphatic carbocycles. The minimum Gasteiger partial charge on any atom is -0.271 e. The fraction of sp³-hybridized carbons (Fsp3) is 0.167. The zero-order valence-corrected chi connectivity index (χ0v) is 9.95. The number of hydrogen-bond acceptors (Lipinski definition) is 4. The predicted molar refractivity (Wildman–Crippen MR) is 66.9 cm³/mol. The summed E-state index contributed by atoms with van der Waals surface area (Å²) in [5, 5.41) is 7.84. The Bertz CT molecular complexity index is 547. The third kappa shape index (κ3) is 3.24. The van der Waals surface area contributed by atoms with E-state index in [0.717, 1.165) is 5.69 Å². The Kier molecular flexibility index (Phi) is 3.80. The van der Waals surface area contributed by atoms with Gasteiger partial charge in [-0.25, -0.2) is 5.43 Å². The molecule has 2 rings (SSSR count). The molecule has 0 saturated carbocycles. The molecule has 2 aromatic heterocycles. The molecule has 2 aromatic rings. The van der Waals surface area contributed by atoms with Gasteiger partial charge >= 0.3 is 0 Å². The van der Waals surface area contributed by atoms with Gasteiger partial charge in [-0.3, -0.25) is 14.5 Å². The highest BCUT2D eigenvalue weighted by molar-refractivity contribution is 5.80. The lowest BCUT2D eigenvalue weighted by Crippen LogP contribution is -2.24. The summed E-state index contributed by atoms with van der Waals surface area (Å²) in [6.07, 6.45) is 4.81. The number of aromatic nitrogens is 3. The number of pyridine rings is 1. The van der Waals surface area contributed by atoms with E-state index in [4.69, 9.17) is 0 Å². The number of nitrogens with zero attached hydrogens (tertiary/aromatic N) is 4. The highest BCUT2D eigenvalue weighted by atomic mass is 16.2. The third-order valence-corrected chi connectivity index (χ3v) is 2.30. The summed E-state index contributed by atoms with van der Waals surface area (Å²) >= 11 is 0. The van der Waals surface area contributed by atoms with E-state index >= 15 is 0 Å². The molecule has 0 unspecified atom stereocenters. The standard InChI is InChI=1S/C12H13N5O/c1-10-5-7-15-17(10)9-12(18)16-14-8-11-4-2-3-6-13-11/h2-8H,9H2,1H3,(H,16,18)/b14-8+. The van der Waals surface area contributed by atoms with Crippen LogP contribution in [0.15, 0.2) is 41.8 Å². The van der Waals surface area contributed by atoms with Gasteiger partial charge in [-0.1, -0.05) is 6.07 Å². The first kappa shape index (κ1) is 12.0. The van der Waals surface area contributed by atoms with Crippen molar-refractivity contribution in [3.63, 3.8) is 0 Å². The number of rotatable bonds is 4. The fourth-order valence-electron chi connectivity index (χ4n) is 1.36. The molecule has 0 aromatic carbocycles. The van der Waals surface area contributed by atoms with E-state index in [1.54, 1.807) is 23.1 Å². The van der Waals surface area contributed by atoms with Gasteiger partial charge < -0.3 is 0 Å². The van der Waals surface area contributed by atoms with Crippen molar-refractivity contribution in [1.82, 2.24) is 20.2 Å². The van der Waals surface area contributed by atoms with Gasteiger partial charge in [0.25, 0.3) is 5.91 Å². The molecular formula is C12H13N5O. The van der Waals surface area contributed by atoms with Gasteiger partial charge in [0.2, 0.25) is 0 Å². The first-order chi connectivity index (χ1) is 8.75. The highest BCUT2D eigenvalue weighted by Gasteiger charge is 2.03. The summed E-state index contributed by atoms with van der Waals surface area (Å²) in [5.41, 5.74) is 4.04. The lowest BCUT2D eigenvalue weighted by Gasteiger charge is -2.02. The maximum Gasteiger partial charge on any atom is 0.261 e. The number of carbonyl (C=O) groups excluding carboxylic acids is 1. The summed E-state index contributed by atoms with van der Waals surface area (Å²) in [6.45, 7) is 2.04. The van der Waals surface area contributed by atoms with Crippen molar-refractivity contribution >= 4 is 12.1 Å². The zero-order chi connectivity index (χ0) is 12.8. The lowest BCUT2D eigenvalue weighted by molar-refractivity contribution is -0.121. The second-order valence-electron chi connectivity index (χ2n) is 3.68. The fourth-order valence-corrected chi connectivity index (χ4v) is 1.36. The normalized spacial score (nSPS) is 10.7. The number of hydrogen-bond donors (Lipinski definition) is 1. The molecule has 0 aliphatic rings. The average molecular weight is 243 g/mol. The molecule has 0 saturated heterocycles. The van der Waals surface area contributed by atoms with E-state index in [0.29, 0.717) is 5.69 Å². The van der Waals surface area contributed by atoms with Crippen LogP contribution in [0.2, 0.25) is 0 Å². The van der Waals surface area contributed by atoms with Crippen molar-refractivity contribution in [2.45, 2.75) is 13.5 Å². The molecule has 1 N–H and O–H groups in total. The Hall–Kier alpha value is -2.50. The summed E-state index contributed by atoms with van der Waals surface area (Å²) in [6, 6.07) is 7.30. The molecular weight excluding hydrogens is 230 g/mol. The Labute approximate surface area is 104 Å². The molecule has 0 spiro atoms. The molecule has 0 radical (unpaired) electrons. The molecule has 18 heavy (non-hydrogen) atoms. The molecule has 0 fully saturated rings. The van der Waals surface area contributed by atoms with Crippen LogP contribution in [0.5, 0.6) is 0 Å². The van der Waals surface area contributed by atoms with Gasteiger partial charge in [-0.05, 0) is 25.1 Å². The van der Waals surface area contributed by atoms with E-state index in [-0.39, 0.29) is 12.5 Å². The summed E-state index contributed by atoms with van der Waals surface area (Å²) in [7, 11) is 0. The maximum absolute atomic E-state index is 11.5. The zero-order valence-electron chi connectivity index (χ0n) is 9.95. The molecule has 0 aliphatic heterocycles. The SMILES string of the molecule is Cc1ccnn1CC(=O)N/N=C/c1ccccn1. The molecule has 2 heterocycles. The highest BCUT2D eigenvalue weighted by Crippen LogP contribution is 1.94. The Morgan fingerprint density at radius 1 is 1.44 bits per heavy atom. The lowest BCUT2D eigenvalue weighted by atomic mass is 10.4. The molecule has 0 bridgehead atoms. The van der Waals surface area contributed by atoms with Crippen LogP contribution in [0.1, 0.15) is 11.4 Å². The predicted octanol–water partition coefficient (Wildman–Crippen LogP) is 0.737. The van der Waals surface area contributed by atoms with Crippen LogP contribution >= 0.6 is 0 Å². The van der Waals surface area contributed by atoms with Crippen LogP contribution in [-0.2, 0) is 11.3 Å². The minimum atomic E-state index is -0.228. The number of amides is 1. The van der Waals surface area contributed by atoms with E-state index in [2.05, 4.69) is 20.6 Å². The van der Waals surface area contributed by atoms with Crippen molar-refractivity contribution < 1.29 is 4.79 Å². The van der Waals surface area contributed by atoms with Crippen molar-refractivity contribution in [3.05, 3.63) is 48.0 Å². The Morgan fingerprint density at radius 3 is 3.00 bits per heavy atom. The Morgan fingerprint density at radius 2 is 2.33 bits per heavy atom. The summed E-state index contributed by atoms with van der Waals surface area (Å²) in [5.74, 6) is -0.228. The summed E-state index contributed by atoms with van der Waals surface area (Å²) in [4.78, 5) is 15.6. The van der Waals surface area contributed by atoms with Crippen molar-refractivity contribution in [2.75, 3.05) is 0 Å². The monoisotopic (exact) mass is 243 g/mol. The van der Waals surface area contributed by atoms with Crippen LogP contribution in [0.25, 0.3) is 0 Å². The van der Waals surface area contributed by atoms with Crippen LogP contribution in [0.3, 0.4) is 0 Å². The quantitative estimate of drug-likeness (QED) is 0.635. The topological polar surface area (TPSA) is 72.2 Å². The van der Waals surface area contributed by atoms with Crippen LogP contribution < -0.4 is 5.43 Å². The Balaban J connectivity index is 1.86. The van der Waals surface area contributed by atoms with Gasteiger partial charge in [0.05, 0.1) is 11.9 Å². The van der Waals surface area contributed by atoms with Crippen molar-refractivity contribution in [1.29, 1.82) is 0 Å². The molecule has 6 heteroatoms. The number of hydrazone groups is 1. The van der Waals surface area contributed by atoms with E-state index in [1.807, 2.05) is 25.1 Å². The number of nitrogens with one attached hydrogen (secondary N) is 1. The molecule has 1 amide bonds. The minimum absolute atomic E-state index is 0.151. The first-order valence-corrected chi connectivity index (χ1v) is 5.47. The van der Waals surface area contributed by atoms with Gasteiger partial charge in [0, 0.05) is 18.1 Å². The van der Waals surface area contributed by atoms with Crippen LogP contribution in [0, 0.1) is 6.92 Å². The van der Waals surface area contributed by atoms with Gasteiger partial charge in [-0.15, -0.1) is 0 Å². The number of carbonyl (C=O) groups is 1. The van der Waals surface area contributed by atoms with E-state index in [1.165, 1.54) is 6.21 Å². The molecule has 92 valence electrons. The second-order valence-corrected chi connectivity index (χ2v) is 3.68. The van der Waals surface area contributed by atoms with Crippen molar-refractivity contribution in [2.24, 2.45) is 5.10 Å². The van der Waals surface area contributed by atoms with E-state index in [9.17, 15) is 4.79 Å². The largest absolute Gasteiger partial charge is 0.271 e. The molecule has 6 nitrogen and oxygen atoms in total. The molecule has 0 atom stereocenters. The van der Waals surface area contributed by atoms with Crippen LogP contribution in [0.4, 0.5) is 0 Å². The van der Waals surface area contributed by atoms with Gasteiger partial charge in [0.1, 0.15) is 6.54 Å². The second kappa shape index (κ2) is 5.72. The summed E-state index contributed by atoms with van der Waals surface area (Å²) < 4.78 is 1.60.